The topological polar surface area (TPSA) is 54.9 Å². The van der Waals surface area contributed by atoms with Crippen LogP contribution in [0.2, 0.25) is 0 Å². The van der Waals surface area contributed by atoms with Crippen LogP contribution in [0.15, 0.2) is 60.1 Å². The number of pyridine rings is 1. The van der Waals surface area contributed by atoms with E-state index in [0.29, 0.717) is 5.69 Å². The van der Waals surface area contributed by atoms with Crippen molar-refractivity contribution in [3.63, 3.8) is 0 Å². The van der Waals surface area contributed by atoms with Crippen molar-refractivity contribution >= 4 is 17.2 Å². The summed E-state index contributed by atoms with van der Waals surface area (Å²) in [6.45, 7) is 1.91. The van der Waals surface area contributed by atoms with Crippen LogP contribution in [-0.2, 0) is 0 Å². The third-order valence-electron chi connectivity index (χ3n) is 3.24. The summed E-state index contributed by atoms with van der Waals surface area (Å²) in [5, 5.41) is 5.54. The molecule has 5 heteroatoms. The molecule has 110 valence electrons. The van der Waals surface area contributed by atoms with Crippen molar-refractivity contribution in [2.75, 3.05) is 0 Å². The van der Waals surface area contributed by atoms with E-state index in [1.807, 2.05) is 55.5 Å². The number of amides is 1. The van der Waals surface area contributed by atoms with Gasteiger partial charge in [0.15, 0.2) is 0 Å². The van der Waals surface area contributed by atoms with Gasteiger partial charge in [0, 0.05) is 17.1 Å². The Bertz CT molecular complexity index is 756. The van der Waals surface area contributed by atoms with Gasteiger partial charge >= 0.3 is 0 Å². The number of benzene rings is 1. The van der Waals surface area contributed by atoms with Crippen molar-refractivity contribution in [3.05, 3.63) is 71.5 Å². The molecule has 0 fully saturated rings. The minimum atomic E-state index is -0.184. The third kappa shape index (κ3) is 3.20. The van der Waals surface area contributed by atoms with Crippen molar-refractivity contribution in [2.24, 2.45) is 0 Å². The van der Waals surface area contributed by atoms with Gasteiger partial charge in [-0.3, -0.25) is 9.78 Å². The molecule has 4 nitrogen and oxygen atoms in total. The quantitative estimate of drug-likeness (QED) is 0.799. The Labute approximate surface area is 132 Å². The van der Waals surface area contributed by atoms with E-state index in [1.54, 1.807) is 11.6 Å². The number of carbonyl (C=O) groups is 1. The van der Waals surface area contributed by atoms with Crippen molar-refractivity contribution in [3.8, 4) is 10.6 Å². The van der Waals surface area contributed by atoms with Crippen LogP contribution in [0.3, 0.4) is 0 Å². The molecule has 22 heavy (non-hydrogen) atoms. The average Bonchev–Trinajstić information content (AvgIpc) is 3.06. The number of hydrogen-bond donors (Lipinski definition) is 1. The third-order valence-corrected chi connectivity index (χ3v) is 4.13. The van der Waals surface area contributed by atoms with Crippen LogP contribution in [0.5, 0.6) is 0 Å². The molecular weight excluding hydrogens is 294 g/mol. The highest BCUT2D eigenvalue weighted by Crippen LogP contribution is 2.23. The summed E-state index contributed by atoms with van der Waals surface area (Å²) in [5.74, 6) is -0.184. The highest BCUT2D eigenvalue weighted by atomic mass is 32.1. The number of aromatic nitrogens is 2. The van der Waals surface area contributed by atoms with Crippen molar-refractivity contribution < 1.29 is 4.79 Å². The molecule has 2 aromatic heterocycles. The van der Waals surface area contributed by atoms with Crippen LogP contribution in [0.4, 0.5) is 0 Å². The smallest absolute Gasteiger partial charge is 0.271 e. The summed E-state index contributed by atoms with van der Waals surface area (Å²) >= 11 is 1.47. The Hall–Kier alpha value is -2.53. The summed E-state index contributed by atoms with van der Waals surface area (Å²) < 4.78 is 0. The summed E-state index contributed by atoms with van der Waals surface area (Å²) in [5.41, 5.74) is 2.28. The number of carbonyl (C=O) groups excluding carboxylic acids is 1. The minimum Gasteiger partial charge on any atom is -0.343 e. The fourth-order valence-corrected chi connectivity index (χ4v) is 2.87. The van der Waals surface area contributed by atoms with Gasteiger partial charge in [0.05, 0.1) is 11.7 Å². The summed E-state index contributed by atoms with van der Waals surface area (Å²) in [7, 11) is 0. The van der Waals surface area contributed by atoms with Crippen LogP contribution < -0.4 is 5.32 Å². The molecule has 0 bridgehead atoms. The Balaban J connectivity index is 1.72. The normalized spacial score (nSPS) is 11.9. The molecule has 3 aromatic rings. The zero-order valence-corrected chi connectivity index (χ0v) is 12.9. The molecule has 1 atom stereocenters. The lowest BCUT2D eigenvalue weighted by atomic mass is 10.2. The van der Waals surface area contributed by atoms with Gasteiger partial charge in [-0.25, -0.2) is 4.98 Å². The lowest BCUT2D eigenvalue weighted by Gasteiger charge is -2.11. The van der Waals surface area contributed by atoms with Gasteiger partial charge in [0.2, 0.25) is 0 Å². The number of rotatable bonds is 4. The zero-order chi connectivity index (χ0) is 15.4. The number of thiazole rings is 1. The molecular formula is C17H15N3OS. The lowest BCUT2D eigenvalue weighted by Crippen LogP contribution is -2.27. The molecule has 0 saturated carbocycles. The molecule has 0 radical (unpaired) electrons. The van der Waals surface area contributed by atoms with Crippen molar-refractivity contribution in [1.82, 2.24) is 15.3 Å². The fraction of sp³-hybridized carbons (Fsp3) is 0.118. The van der Waals surface area contributed by atoms with Gasteiger partial charge in [0.1, 0.15) is 10.7 Å². The first-order chi connectivity index (χ1) is 10.7. The zero-order valence-electron chi connectivity index (χ0n) is 12.1. The first kappa shape index (κ1) is 14.4. The number of nitrogens with zero attached hydrogens (tertiary/aromatic N) is 2. The van der Waals surface area contributed by atoms with Gasteiger partial charge in [-0.2, -0.15) is 0 Å². The molecule has 0 aliphatic rings. The largest absolute Gasteiger partial charge is 0.343 e. The van der Waals surface area contributed by atoms with E-state index in [1.165, 1.54) is 11.3 Å². The SMILES string of the molecule is C[C@@H](NC(=O)c1csc(-c2ccccc2)n1)c1ccccn1. The maximum atomic E-state index is 12.3. The summed E-state index contributed by atoms with van der Waals surface area (Å²) in [6.07, 6.45) is 1.72. The highest BCUT2D eigenvalue weighted by Gasteiger charge is 2.15. The van der Waals surface area contributed by atoms with Gasteiger partial charge in [-0.15, -0.1) is 11.3 Å². The van der Waals surface area contributed by atoms with E-state index in [4.69, 9.17) is 0 Å². The molecule has 0 unspecified atom stereocenters. The standard InChI is InChI=1S/C17H15N3OS/c1-12(14-9-5-6-10-18-14)19-16(21)15-11-22-17(20-15)13-7-3-2-4-8-13/h2-12H,1H3,(H,19,21)/t12-/m1/s1. The van der Waals surface area contributed by atoms with Crippen LogP contribution in [0.1, 0.15) is 29.1 Å². The second-order valence-corrected chi connectivity index (χ2v) is 5.71. The first-order valence-corrected chi connectivity index (χ1v) is 7.85. The average molecular weight is 309 g/mol. The Morgan fingerprint density at radius 1 is 1.14 bits per heavy atom. The minimum absolute atomic E-state index is 0.157. The van der Waals surface area contributed by atoms with Gasteiger partial charge in [-0.1, -0.05) is 36.4 Å². The van der Waals surface area contributed by atoms with Crippen molar-refractivity contribution in [2.45, 2.75) is 13.0 Å². The number of hydrogen-bond acceptors (Lipinski definition) is 4. The van der Waals surface area contributed by atoms with E-state index >= 15 is 0 Å². The van der Waals surface area contributed by atoms with Gasteiger partial charge in [0.25, 0.3) is 5.91 Å². The summed E-state index contributed by atoms with van der Waals surface area (Å²) in [4.78, 5) is 20.9. The fourth-order valence-electron chi connectivity index (χ4n) is 2.07. The molecule has 0 aliphatic carbocycles. The highest BCUT2D eigenvalue weighted by molar-refractivity contribution is 7.13. The Kier molecular flexibility index (Phi) is 4.25. The van der Waals surface area contributed by atoms with E-state index in [-0.39, 0.29) is 11.9 Å². The lowest BCUT2D eigenvalue weighted by molar-refractivity contribution is 0.0935. The van der Waals surface area contributed by atoms with Crippen LogP contribution in [0, 0.1) is 0 Å². The predicted octanol–water partition coefficient (Wildman–Crippen LogP) is 3.70. The molecule has 1 amide bonds. The maximum absolute atomic E-state index is 12.3. The molecule has 1 N–H and O–H groups in total. The van der Waals surface area contributed by atoms with Gasteiger partial charge in [-0.05, 0) is 19.1 Å². The molecule has 1 aromatic carbocycles. The maximum Gasteiger partial charge on any atom is 0.271 e. The second-order valence-electron chi connectivity index (χ2n) is 4.85. The second kappa shape index (κ2) is 6.49. The monoisotopic (exact) mass is 309 g/mol. The predicted molar refractivity (Wildman–Crippen MR) is 87.7 cm³/mol. The molecule has 0 spiro atoms. The van der Waals surface area contributed by atoms with E-state index < -0.39 is 0 Å². The van der Waals surface area contributed by atoms with Crippen LogP contribution in [-0.4, -0.2) is 15.9 Å². The van der Waals surface area contributed by atoms with Crippen molar-refractivity contribution in [1.29, 1.82) is 0 Å². The summed E-state index contributed by atoms with van der Waals surface area (Å²) in [6, 6.07) is 15.3. The van der Waals surface area contributed by atoms with E-state index in [9.17, 15) is 4.79 Å². The number of nitrogens with one attached hydrogen (secondary N) is 1. The first-order valence-electron chi connectivity index (χ1n) is 6.97. The van der Waals surface area contributed by atoms with Gasteiger partial charge < -0.3 is 5.32 Å². The van der Waals surface area contributed by atoms with Crippen LogP contribution in [0.25, 0.3) is 10.6 Å². The Morgan fingerprint density at radius 2 is 1.91 bits per heavy atom. The Morgan fingerprint density at radius 3 is 2.64 bits per heavy atom. The molecule has 0 saturated heterocycles. The van der Waals surface area contributed by atoms with E-state index in [2.05, 4.69) is 15.3 Å². The van der Waals surface area contributed by atoms with Crippen LogP contribution >= 0.6 is 11.3 Å². The molecule has 3 rings (SSSR count). The molecule has 0 aliphatic heterocycles. The van der Waals surface area contributed by atoms with E-state index in [0.717, 1.165) is 16.3 Å². The molecule has 2 heterocycles.